The van der Waals surface area contributed by atoms with Crippen LogP contribution in [-0.4, -0.2) is 13.4 Å². The summed E-state index contributed by atoms with van der Waals surface area (Å²) < 4.78 is 23.6. The summed E-state index contributed by atoms with van der Waals surface area (Å²) in [7, 11) is -3.65. The second-order valence-corrected chi connectivity index (χ2v) is 4.00. The van der Waals surface area contributed by atoms with Crippen LogP contribution in [0.3, 0.4) is 0 Å². The molecule has 0 amide bonds. The van der Waals surface area contributed by atoms with Crippen molar-refractivity contribution in [3.63, 3.8) is 0 Å². The first-order valence-corrected chi connectivity index (χ1v) is 5.23. The lowest BCUT2D eigenvalue weighted by Crippen LogP contribution is -2.32. The van der Waals surface area contributed by atoms with Crippen LogP contribution in [0.2, 0.25) is 0 Å². The summed E-state index contributed by atoms with van der Waals surface area (Å²) in [5.41, 5.74) is 0.775. The summed E-state index contributed by atoms with van der Waals surface area (Å²) in [5, 5.41) is 4.81. The fraction of sp³-hybridized carbons (Fsp3) is 0.286. The Morgan fingerprint density at radius 3 is 2.77 bits per heavy atom. The number of nitrogens with one attached hydrogen (secondary N) is 1. The molecule has 1 aromatic rings. The maximum absolute atomic E-state index is 10.7. The van der Waals surface area contributed by atoms with E-state index in [4.69, 9.17) is 5.14 Å². The number of nitrogens with two attached hydrogens (primary N) is 1. The summed E-state index contributed by atoms with van der Waals surface area (Å²) in [4.78, 5) is 3.86. The smallest absolute Gasteiger partial charge is 0.264 e. The van der Waals surface area contributed by atoms with Crippen LogP contribution in [0.5, 0.6) is 0 Å². The van der Waals surface area contributed by atoms with Gasteiger partial charge in [-0.1, -0.05) is 6.07 Å². The van der Waals surface area contributed by atoms with Crippen molar-refractivity contribution < 1.29 is 8.42 Å². The fourth-order valence-corrected chi connectivity index (χ4v) is 1.58. The molecule has 0 aliphatic heterocycles. The number of rotatable bonds is 3. The van der Waals surface area contributed by atoms with Gasteiger partial charge < -0.3 is 0 Å². The molecule has 0 aliphatic rings. The Kier molecular flexibility index (Phi) is 2.97. The van der Waals surface area contributed by atoms with E-state index in [0.29, 0.717) is 0 Å². The lowest BCUT2D eigenvalue weighted by atomic mass is 10.2. The van der Waals surface area contributed by atoms with Gasteiger partial charge in [-0.25, -0.2) is 5.14 Å². The largest absolute Gasteiger partial charge is 0.274 e. The highest BCUT2D eigenvalue weighted by Crippen LogP contribution is 2.09. The van der Waals surface area contributed by atoms with E-state index >= 15 is 0 Å². The molecule has 0 aliphatic carbocycles. The molecule has 1 heterocycles. The maximum Gasteiger partial charge on any atom is 0.274 e. The highest BCUT2D eigenvalue weighted by Gasteiger charge is 2.10. The average molecular weight is 201 g/mol. The Bertz CT molecular complexity index is 363. The zero-order valence-electron chi connectivity index (χ0n) is 7.14. The van der Waals surface area contributed by atoms with Crippen LogP contribution in [0.25, 0.3) is 0 Å². The first-order valence-electron chi connectivity index (χ1n) is 3.69. The summed E-state index contributed by atoms with van der Waals surface area (Å²) >= 11 is 0. The van der Waals surface area contributed by atoms with E-state index in [0.717, 1.165) is 5.56 Å². The number of pyridine rings is 1. The first kappa shape index (κ1) is 10.1. The third-order valence-electron chi connectivity index (χ3n) is 1.53. The van der Waals surface area contributed by atoms with Gasteiger partial charge in [0.25, 0.3) is 10.2 Å². The molecule has 72 valence electrons. The number of hydrogen-bond acceptors (Lipinski definition) is 3. The molecule has 6 heteroatoms. The fourth-order valence-electron chi connectivity index (χ4n) is 0.947. The van der Waals surface area contributed by atoms with Crippen molar-refractivity contribution in [2.24, 2.45) is 5.14 Å². The second kappa shape index (κ2) is 3.82. The van der Waals surface area contributed by atoms with Crippen molar-refractivity contribution in [3.05, 3.63) is 30.1 Å². The molecule has 0 radical (unpaired) electrons. The van der Waals surface area contributed by atoms with Crippen molar-refractivity contribution in [1.29, 1.82) is 0 Å². The van der Waals surface area contributed by atoms with E-state index in [-0.39, 0.29) is 6.04 Å². The molecule has 13 heavy (non-hydrogen) atoms. The van der Waals surface area contributed by atoms with Gasteiger partial charge in [0.1, 0.15) is 0 Å². The molecule has 1 rings (SSSR count). The van der Waals surface area contributed by atoms with Crippen molar-refractivity contribution in [1.82, 2.24) is 9.71 Å². The minimum Gasteiger partial charge on any atom is -0.264 e. The molecular weight excluding hydrogens is 190 g/mol. The van der Waals surface area contributed by atoms with Crippen molar-refractivity contribution in [2.45, 2.75) is 13.0 Å². The third kappa shape index (κ3) is 3.49. The first-order chi connectivity index (χ1) is 5.99. The predicted octanol–water partition coefficient (Wildman–Crippen LogP) is -0.0643. The topological polar surface area (TPSA) is 85.1 Å². The lowest BCUT2D eigenvalue weighted by Gasteiger charge is -2.10. The molecule has 5 nitrogen and oxygen atoms in total. The summed E-state index contributed by atoms with van der Waals surface area (Å²) in [6, 6.07) is 3.15. The Hall–Kier alpha value is -0.980. The SMILES string of the molecule is CC(NS(N)(=O)=O)c1cccnc1. The standard InChI is InChI=1S/C7H11N3O2S/c1-6(10-13(8,11)12)7-3-2-4-9-5-7/h2-6,10H,1H3,(H2,8,11,12). The quantitative estimate of drug-likeness (QED) is 0.718. The second-order valence-electron chi connectivity index (χ2n) is 2.67. The van der Waals surface area contributed by atoms with Gasteiger partial charge in [-0.05, 0) is 18.6 Å². The Morgan fingerprint density at radius 2 is 2.31 bits per heavy atom. The third-order valence-corrected chi connectivity index (χ3v) is 2.21. The normalized spacial score (nSPS) is 14.0. The minimum atomic E-state index is -3.65. The molecular formula is C7H11N3O2S. The van der Waals surface area contributed by atoms with Crippen molar-refractivity contribution >= 4 is 10.2 Å². The van der Waals surface area contributed by atoms with Crippen LogP contribution >= 0.6 is 0 Å². The van der Waals surface area contributed by atoms with Gasteiger partial charge >= 0.3 is 0 Å². The summed E-state index contributed by atoms with van der Waals surface area (Å²) in [6.07, 6.45) is 3.20. The molecule has 0 saturated carbocycles. The zero-order valence-corrected chi connectivity index (χ0v) is 7.95. The molecule has 0 fully saturated rings. The summed E-state index contributed by atoms with van der Waals surface area (Å²) in [6.45, 7) is 1.70. The zero-order chi connectivity index (χ0) is 9.90. The van der Waals surface area contributed by atoms with Crippen LogP contribution in [-0.2, 0) is 10.2 Å². The monoisotopic (exact) mass is 201 g/mol. The van der Waals surface area contributed by atoms with E-state index in [1.54, 1.807) is 31.5 Å². The lowest BCUT2D eigenvalue weighted by molar-refractivity contribution is 0.568. The van der Waals surface area contributed by atoms with Gasteiger partial charge in [-0.15, -0.1) is 0 Å². The van der Waals surface area contributed by atoms with E-state index in [9.17, 15) is 8.42 Å². The Balaban J connectivity index is 2.76. The van der Waals surface area contributed by atoms with Gasteiger partial charge in [0.15, 0.2) is 0 Å². The molecule has 0 bridgehead atoms. The maximum atomic E-state index is 10.7. The van der Waals surface area contributed by atoms with Crippen molar-refractivity contribution in [3.8, 4) is 0 Å². The Labute approximate surface area is 77.2 Å². The average Bonchev–Trinajstić information content (AvgIpc) is 2.03. The van der Waals surface area contributed by atoms with Crippen molar-refractivity contribution in [2.75, 3.05) is 0 Å². The molecule has 1 atom stereocenters. The number of nitrogens with zero attached hydrogens (tertiary/aromatic N) is 1. The van der Waals surface area contributed by atoms with Crippen LogP contribution < -0.4 is 9.86 Å². The molecule has 0 aromatic carbocycles. The highest BCUT2D eigenvalue weighted by molar-refractivity contribution is 7.87. The Morgan fingerprint density at radius 1 is 1.62 bits per heavy atom. The van der Waals surface area contributed by atoms with Gasteiger partial charge in [-0.2, -0.15) is 13.1 Å². The predicted molar refractivity (Wildman–Crippen MR) is 48.9 cm³/mol. The van der Waals surface area contributed by atoms with Crippen LogP contribution in [0, 0.1) is 0 Å². The van der Waals surface area contributed by atoms with Crippen LogP contribution in [0.4, 0.5) is 0 Å². The van der Waals surface area contributed by atoms with E-state index in [1.807, 2.05) is 0 Å². The molecule has 0 spiro atoms. The highest BCUT2D eigenvalue weighted by atomic mass is 32.2. The van der Waals surface area contributed by atoms with E-state index < -0.39 is 10.2 Å². The number of hydrogen-bond donors (Lipinski definition) is 2. The number of aromatic nitrogens is 1. The summed E-state index contributed by atoms with van der Waals surface area (Å²) in [5.74, 6) is 0. The van der Waals surface area contributed by atoms with E-state index in [1.165, 1.54) is 0 Å². The van der Waals surface area contributed by atoms with Gasteiger partial charge in [0.2, 0.25) is 0 Å². The minimum absolute atomic E-state index is 0.358. The molecule has 0 saturated heterocycles. The van der Waals surface area contributed by atoms with Gasteiger partial charge in [0.05, 0.1) is 0 Å². The molecule has 1 aromatic heterocycles. The molecule has 1 unspecified atom stereocenters. The molecule has 3 N–H and O–H groups in total. The van der Waals surface area contributed by atoms with Gasteiger partial charge in [-0.3, -0.25) is 4.98 Å². The van der Waals surface area contributed by atoms with Crippen LogP contribution in [0.15, 0.2) is 24.5 Å². The van der Waals surface area contributed by atoms with Crippen LogP contribution in [0.1, 0.15) is 18.5 Å². The van der Waals surface area contributed by atoms with Gasteiger partial charge in [0, 0.05) is 18.4 Å². The van der Waals surface area contributed by atoms with E-state index in [2.05, 4.69) is 9.71 Å².